The zero-order valence-corrected chi connectivity index (χ0v) is 14.8. The van der Waals surface area contributed by atoms with Crippen LogP contribution in [0.1, 0.15) is 24.8 Å². The van der Waals surface area contributed by atoms with Crippen molar-refractivity contribution in [3.63, 3.8) is 0 Å². The highest BCUT2D eigenvalue weighted by Crippen LogP contribution is 2.29. The van der Waals surface area contributed by atoms with Crippen LogP contribution in [0, 0.1) is 0 Å². The van der Waals surface area contributed by atoms with E-state index in [0.717, 1.165) is 18.4 Å². The highest BCUT2D eigenvalue weighted by Gasteiger charge is 2.59. The van der Waals surface area contributed by atoms with Crippen LogP contribution in [-0.2, 0) is 30.3 Å². The molecular weight excluding hydrogens is 336 g/mol. The molecular formula is C19H24N2O5. The lowest BCUT2D eigenvalue weighted by atomic mass is 9.88. The first-order valence-electron chi connectivity index (χ1n) is 8.95. The van der Waals surface area contributed by atoms with Crippen LogP contribution in [-0.4, -0.2) is 55.6 Å². The number of esters is 1. The summed E-state index contributed by atoms with van der Waals surface area (Å²) in [6, 6.07) is 8.38. The van der Waals surface area contributed by atoms with Gasteiger partial charge in [-0.3, -0.25) is 9.59 Å². The van der Waals surface area contributed by atoms with Gasteiger partial charge in [-0.1, -0.05) is 30.3 Å². The largest absolute Gasteiger partial charge is 0.439 e. The molecule has 2 heterocycles. The fourth-order valence-electron chi connectivity index (χ4n) is 3.44. The van der Waals surface area contributed by atoms with Gasteiger partial charge in [0.15, 0.2) is 6.04 Å². The van der Waals surface area contributed by atoms with E-state index in [9.17, 15) is 14.4 Å². The number of hydrogen-bond donors (Lipinski definition) is 2. The first kappa shape index (κ1) is 18.5. The summed E-state index contributed by atoms with van der Waals surface area (Å²) in [6.45, 7) is 0.983. The number of aryl methyl sites for hydroxylation is 1. The summed E-state index contributed by atoms with van der Waals surface area (Å²) in [5.41, 5.74) is -0.824. The third-order valence-corrected chi connectivity index (χ3v) is 4.95. The SMILES string of the molecule is CNC1C(=O)OC(CCc2ccccc2)(C(=O)NCC2CCCO2)C1=O. The zero-order chi connectivity index (χ0) is 18.6. The first-order valence-corrected chi connectivity index (χ1v) is 8.95. The van der Waals surface area contributed by atoms with E-state index in [1.54, 1.807) is 0 Å². The van der Waals surface area contributed by atoms with Gasteiger partial charge in [-0.05, 0) is 31.9 Å². The van der Waals surface area contributed by atoms with Gasteiger partial charge in [0.2, 0.25) is 11.4 Å². The molecule has 0 aromatic heterocycles. The van der Waals surface area contributed by atoms with Crippen LogP contribution >= 0.6 is 0 Å². The Kier molecular flexibility index (Phi) is 5.68. The fraction of sp³-hybridized carbons (Fsp3) is 0.526. The van der Waals surface area contributed by atoms with Gasteiger partial charge in [0, 0.05) is 19.6 Å². The lowest BCUT2D eigenvalue weighted by Crippen LogP contribution is -2.55. The summed E-state index contributed by atoms with van der Waals surface area (Å²) in [5, 5.41) is 5.39. The number of hydrogen-bond acceptors (Lipinski definition) is 6. The van der Waals surface area contributed by atoms with E-state index in [-0.39, 0.29) is 12.5 Å². The molecule has 2 aliphatic heterocycles. The van der Waals surface area contributed by atoms with Gasteiger partial charge in [0.1, 0.15) is 0 Å². The van der Waals surface area contributed by atoms with E-state index < -0.39 is 29.3 Å². The molecule has 2 N–H and O–H groups in total. The van der Waals surface area contributed by atoms with Crippen molar-refractivity contribution in [2.45, 2.75) is 43.4 Å². The van der Waals surface area contributed by atoms with Crippen molar-refractivity contribution < 1.29 is 23.9 Å². The molecule has 1 amide bonds. The number of amides is 1. The highest BCUT2D eigenvalue weighted by atomic mass is 16.6. The van der Waals surface area contributed by atoms with Crippen LogP contribution in [0.25, 0.3) is 0 Å². The molecule has 0 radical (unpaired) electrons. The Hall–Kier alpha value is -2.25. The maximum absolute atomic E-state index is 12.9. The number of Topliss-reactive ketones (excluding diaryl/α,β-unsaturated/α-hetero) is 1. The van der Waals surface area contributed by atoms with Crippen molar-refractivity contribution in [2.75, 3.05) is 20.2 Å². The number of rotatable bonds is 7. The Morgan fingerprint density at radius 1 is 1.27 bits per heavy atom. The molecule has 1 aromatic rings. The molecule has 7 heteroatoms. The maximum Gasteiger partial charge on any atom is 0.332 e. The van der Waals surface area contributed by atoms with Gasteiger partial charge in [-0.25, -0.2) is 4.79 Å². The fourth-order valence-corrected chi connectivity index (χ4v) is 3.44. The summed E-state index contributed by atoms with van der Waals surface area (Å²) >= 11 is 0. The van der Waals surface area contributed by atoms with Crippen LogP contribution in [0.4, 0.5) is 0 Å². The minimum Gasteiger partial charge on any atom is -0.439 e. The van der Waals surface area contributed by atoms with Crippen molar-refractivity contribution in [2.24, 2.45) is 0 Å². The summed E-state index contributed by atoms with van der Waals surface area (Å²) in [5.74, 6) is -1.82. The van der Waals surface area contributed by atoms with E-state index in [0.29, 0.717) is 19.6 Å². The molecule has 2 saturated heterocycles. The van der Waals surface area contributed by atoms with Crippen molar-refractivity contribution in [3.8, 4) is 0 Å². The van der Waals surface area contributed by atoms with Crippen LogP contribution < -0.4 is 10.6 Å². The monoisotopic (exact) mass is 360 g/mol. The molecule has 1 aromatic carbocycles. The number of benzene rings is 1. The summed E-state index contributed by atoms with van der Waals surface area (Å²) < 4.78 is 10.9. The number of ether oxygens (including phenoxy) is 2. The first-order chi connectivity index (χ1) is 12.6. The van der Waals surface area contributed by atoms with Crippen LogP contribution in [0.5, 0.6) is 0 Å². The van der Waals surface area contributed by atoms with E-state index in [4.69, 9.17) is 9.47 Å². The predicted molar refractivity (Wildman–Crippen MR) is 93.4 cm³/mol. The topological polar surface area (TPSA) is 93.7 Å². The molecule has 26 heavy (non-hydrogen) atoms. The number of carbonyl (C=O) groups excluding carboxylic acids is 3. The second-order valence-electron chi connectivity index (χ2n) is 6.66. The van der Waals surface area contributed by atoms with Crippen LogP contribution in [0.3, 0.4) is 0 Å². The zero-order valence-electron chi connectivity index (χ0n) is 14.8. The van der Waals surface area contributed by atoms with Gasteiger partial charge >= 0.3 is 5.97 Å². The van der Waals surface area contributed by atoms with Crippen LogP contribution in [0.2, 0.25) is 0 Å². The van der Waals surface area contributed by atoms with Gasteiger partial charge in [0.05, 0.1) is 6.10 Å². The Bertz CT molecular complexity index is 672. The Labute approximate surface area is 152 Å². The molecule has 2 aliphatic rings. The minimum atomic E-state index is -1.79. The second-order valence-corrected chi connectivity index (χ2v) is 6.66. The molecule has 140 valence electrons. The van der Waals surface area contributed by atoms with Crippen molar-refractivity contribution in [1.29, 1.82) is 0 Å². The number of carbonyl (C=O) groups is 3. The molecule has 3 atom stereocenters. The number of likely N-dealkylation sites (N-methyl/N-ethyl adjacent to an activating group) is 1. The standard InChI is InChI=1S/C19H24N2O5/c1-20-15-16(22)19(26-17(15)23,10-9-13-6-3-2-4-7-13)18(24)21-12-14-8-5-11-25-14/h2-4,6-7,14-15,20H,5,8-12H2,1H3,(H,21,24). The number of nitrogens with one attached hydrogen (secondary N) is 2. The average molecular weight is 360 g/mol. The van der Waals surface area contributed by atoms with E-state index in [1.807, 2.05) is 30.3 Å². The van der Waals surface area contributed by atoms with Crippen molar-refractivity contribution in [3.05, 3.63) is 35.9 Å². The Morgan fingerprint density at radius 3 is 2.65 bits per heavy atom. The number of cyclic esters (lactones) is 1. The molecule has 0 saturated carbocycles. The molecule has 0 aliphatic carbocycles. The van der Waals surface area contributed by atoms with Crippen molar-refractivity contribution >= 4 is 17.7 Å². The van der Waals surface area contributed by atoms with Gasteiger partial charge in [-0.15, -0.1) is 0 Å². The normalized spacial score (nSPS) is 28.2. The third kappa shape index (κ3) is 3.64. The molecule has 0 bridgehead atoms. The van der Waals surface area contributed by atoms with Gasteiger partial charge < -0.3 is 20.1 Å². The van der Waals surface area contributed by atoms with Crippen LogP contribution in [0.15, 0.2) is 30.3 Å². The third-order valence-electron chi connectivity index (χ3n) is 4.95. The maximum atomic E-state index is 12.9. The van der Waals surface area contributed by atoms with E-state index >= 15 is 0 Å². The summed E-state index contributed by atoms with van der Waals surface area (Å²) in [7, 11) is 1.50. The van der Waals surface area contributed by atoms with E-state index in [2.05, 4.69) is 10.6 Å². The predicted octanol–water partition coefficient (Wildman–Crippen LogP) is 0.367. The molecule has 3 rings (SSSR count). The minimum absolute atomic E-state index is 0.0579. The molecule has 0 spiro atoms. The molecule has 7 nitrogen and oxygen atoms in total. The Balaban J connectivity index is 1.75. The lowest BCUT2D eigenvalue weighted by Gasteiger charge is -2.25. The summed E-state index contributed by atoms with van der Waals surface area (Å²) in [6.07, 6.45) is 2.32. The quantitative estimate of drug-likeness (QED) is 0.539. The average Bonchev–Trinajstić information content (AvgIpc) is 3.25. The second kappa shape index (κ2) is 7.97. The smallest absolute Gasteiger partial charge is 0.332 e. The summed E-state index contributed by atoms with van der Waals surface area (Å²) in [4.78, 5) is 37.8. The van der Waals surface area contributed by atoms with Gasteiger partial charge in [0.25, 0.3) is 5.91 Å². The van der Waals surface area contributed by atoms with Crippen molar-refractivity contribution in [1.82, 2.24) is 10.6 Å². The Morgan fingerprint density at radius 2 is 2.04 bits per heavy atom. The highest BCUT2D eigenvalue weighted by molar-refractivity contribution is 6.23. The van der Waals surface area contributed by atoms with Gasteiger partial charge in [-0.2, -0.15) is 0 Å². The molecule has 3 unspecified atom stereocenters. The van der Waals surface area contributed by atoms with E-state index in [1.165, 1.54) is 7.05 Å². The lowest BCUT2D eigenvalue weighted by molar-refractivity contribution is -0.162. The molecule has 2 fully saturated rings. The number of ketones is 1.